The maximum absolute atomic E-state index is 12.3. The molecule has 0 N–H and O–H groups in total. The van der Waals surface area contributed by atoms with Gasteiger partial charge in [-0.15, -0.1) is 0 Å². The molecule has 0 saturated heterocycles. The van der Waals surface area contributed by atoms with Gasteiger partial charge in [-0.3, -0.25) is 14.4 Å². The zero-order chi connectivity index (χ0) is 26.1. The zero-order valence-corrected chi connectivity index (χ0v) is 23.3. The fourth-order valence-electron chi connectivity index (χ4n) is 4.28. The monoisotopic (exact) mass is 489 g/mol. The second-order valence-corrected chi connectivity index (χ2v) is 11.1. The average Bonchev–Trinajstić information content (AvgIpc) is 2.79. The highest BCUT2D eigenvalue weighted by Crippen LogP contribution is 2.21. The van der Waals surface area contributed by atoms with E-state index in [0.717, 1.165) is 12.8 Å². The van der Waals surface area contributed by atoms with Crippen molar-refractivity contribution in [2.75, 3.05) is 0 Å². The molecule has 0 aliphatic heterocycles. The molecule has 0 aliphatic carbocycles. The molecule has 0 aliphatic rings. The summed E-state index contributed by atoms with van der Waals surface area (Å²) < 4.78 is 7.15. The van der Waals surface area contributed by atoms with Crippen LogP contribution in [0.1, 0.15) is 148 Å². The Morgan fingerprint density at radius 3 is 1.60 bits per heavy atom. The van der Waals surface area contributed by atoms with Crippen molar-refractivity contribution in [3.05, 3.63) is 28.2 Å². The van der Waals surface area contributed by atoms with Crippen LogP contribution in [0, 0.1) is 5.41 Å². The molecule has 1 heterocycles. The molecule has 0 unspecified atom stereocenters. The van der Waals surface area contributed by atoms with Gasteiger partial charge in [0.2, 0.25) is 11.2 Å². The van der Waals surface area contributed by atoms with Gasteiger partial charge in [-0.25, -0.2) is 0 Å². The number of carbonyl (C=O) groups is 2. The van der Waals surface area contributed by atoms with E-state index < -0.39 is 16.8 Å². The third-order valence-electron chi connectivity index (χ3n) is 6.53. The highest BCUT2D eigenvalue weighted by molar-refractivity contribution is 5.96. The number of aromatic nitrogens is 1. The highest BCUT2D eigenvalue weighted by atomic mass is 16.5. The Kier molecular flexibility index (Phi) is 15.6. The molecule has 0 radical (unpaired) electrons. The van der Waals surface area contributed by atoms with Gasteiger partial charge in [-0.2, -0.15) is 0 Å². The Labute approximate surface area is 214 Å². The molecule has 1 rings (SSSR count). The summed E-state index contributed by atoms with van der Waals surface area (Å²) in [5.74, 6) is -0.926. The minimum absolute atomic E-state index is 0.142. The molecule has 0 saturated carbocycles. The summed E-state index contributed by atoms with van der Waals surface area (Å²) in [5, 5.41) is 0. The van der Waals surface area contributed by atoms with Crippen LogP contribution in [-0.2, 0) is 11.3 Å². The van der Waals surface area contributed by atoms with Crippen LogP contribution in [0.15, 0.2) is 17.1 Å². The summed E-state index contributed by atoms with van der Waals surface area (Å²) in [5.41, 5.74) is -0.998. The Bertz CT molecular complexity index is 804. The first-order valence-corrected chi connectivity index (χ1v) is 14.1. The first-order chi connectivity index (χ1) is 16.7. The number of carbonyl (C=O) groups excluding carboxylic acids is 2. The number of esters is 1. The third-order valence-corrected chi connectivity index (χ3v) is 6.53. The number of rotatable bonds is 19. The largest absolute Gasteiger partial charge is 0.420 e. The second-order valence-electron chi connectivity index (χ2n) is 11.1. The molecule has 1 aromatic heterocycles. The van der Waals surface area contributed by atoms with Crippen molar-refractivity contribution in [1.82, 2.24) is 4.57 Å². The number of aryl methyl sites for hydroxylation is 1. The van der Waals surface area contributed by atoms with Crippen LogP contribution < -0.4 is 10.2 Å². The molecule has 200 valence electrons. The summed E-state index contributed by atoms with van der Waals surface area (Å²) in [7, 11) is 0. The number of hydrogen-bond acceptors (Lipinski definition) is 4. The molecule has 5 heteroatoms. The van der Waals surface area contributed by atoms with E-state index in [9.17, 15) is 14.4 Å². The first kappa shape index (κ1) is 31.1. The van der Waals surface area contributed by atoms with E-state index in [2.05, 4.69) is 6.92 Å². The number of nitrogens with zero attached hydrogens (tertiary/aromatic N) is 1. The third kappa shape index (κ3) is 13.1. The predicted octanol–water partition coefficient (Wildman–Crippen LogP) is 8.26. The van der Waals surface area contributed by atoms with E-state index in [4.69, 9.17) is 4.74 Å². The van der Waals surface area contributed by atoms with Gasteiger partial charge < -0.3 is 9.30 Å². The van der Waals surface area contributed by atoms with Gasteiger partial charge in [-0.1, -0.05) is 103 Å². The van der Waals surface area contributed by atoms with Gasteiger partial charge in [0, 0.05) is 25.7 Å². The molecular formula is C30H51NO4. The van der Waals surface area contributed by atoms with Crippen LogP contribution in [0.5, 0.6) is 5.75 Å². The van der Waals surface area contributed by atoms with E-state index >= 15 is 0 Å². The van der Waals surface area contributed by atoms with Crippen LogP contribution in [-0.4, -0.2) is 16.3 Å². The molecule has 0 fully saturated rings. The summed E-state index contributed by atoms with van der Waals surface area (Å²) in [6.07, 6.45) is 22.6. The number of Topliss-reactive ketones (excluding diaryl/α,β-unsaturated/α-hetero) is 1. The molecule has 0 spiro atoms. The lowest BCUT2D eigenvalue weighted by Crippen LogP contribution is -2.29. The fraction of sp³-hybridized carbons (Fsp3) is 0.767. The van der Waals surface area contributed by atoms with Crippen molar-refractivity contribution in [2.24, 2.45) is 5.41 Å². The molecule has 35 heavy (non-hydrogen) atoms. The van der Waals surface area contributed by atoms with Crippen LogP contribution in [0.25, 0.3) is 0 Å². The van der Waals surface area contributed by atoms with E-state index in [1.807, 2.05) is 0 Å². The summed E-state index contributed by atoms with van der Waals surface area (Å²) in [6, 6.07) is 1.38. The van der Waals surface area contributed by atoms with Gasteiger partial charge in [0.25, 0.3) is 0 Å². The van der Waals surface area contributed by atoms with Crippen molar-refractivity contribution in [3.8, 4) is 5.75 Å². The fourth-order valence-corrected chi connectivity index (χ4v) is 4.28. The second kappa shape index (κ2) is 17.5. The van der Waals surface area contributed by atoms with Crippen molar-refractivity contribution < 1.29 is 14.3 Å². The van der Waals surface area contributed by atoms with Crippen LogP contribution >= 0.6 is 0 Å². The normalized spacial score (nSPS) is 11.6. The standard InChI is InChI=1S/C30H51NO4/c1-6-7-8-9-10-11-12-13-14-15-16-17-18-19-20-21-23-31-24-22-26(33)28(27(31)25(2)32)35-29(34)30(3,4)5/h22,24H,6-21,23H2,1-5H3. The quantitative estimate of drug-likeness (QED) is 0.111. The number of pyridine rings is 1. The van der Waals surface area contributed by atoms with Crippen molar-refractivity contribution in [1.29, 1.82) is 0 Å². The Hall–Kier alpha value is -1.91. The van der Waals surface area contributed by atoms with Crippen molar-refractivity contribution in [2.45, 2.75) is 144 Å². The maximum Gasteiger partial charge on any atom is 0.316 e. The van der Waals surface area contributed by atoms with Crippen molar-refractivity contribution >= 4 is 11.8 Å². The first-order valence-electron chi connectivity index (χ1n) is 14.1. The number of hydrogen-bond donors (Lipinski definition) is 0. The van der Waals surface area contributed by atoms with Crippen LogP contribution in [0.2, 0.25) is 0 Å². The lowest BCUT2D eigenvalue weighted by Gasteiger charge is -2.19. The van der Waals surface area contributed by atoms with E-state index in [-0.39, 0.29) is 17.2 Å². The molecule has 0 amide bonds. The summed E-state index contributed by atoms with van der Waals surface area (Å²) >= 11 is 0. The van der Waals surface area contributed by atoms with Crippen molar-refractivity contribution in [3.63, 3.8) is 0 Å². The van der Waals surface area contributed by atoms with Gasteiger partial charge in [0.15, 0.2) is 5.78 Å². The Morgan fingerprint density at radius 2 is 1.20 bits per heavy atom. The lowest BCUT2D eigenvalue weighted by atomic mass is 9.97. The SMILES string of the molecule is CCCCCCCCCCCCCCCCCCn1ccc(=O)c(OC(=O)C(C)(C)C)c1C(C)=O. The Balaban J connectivity index is 2.27. The molecule has 0 aromatic carbocycles. The average molecular weight is 490 g/mol. The number of ether oxygens (including phenoxy) is 1. The minimum atomic E-state index is -0.755. The Morgan fingerprint density at radius 1 is 0.771 bits per heavy atom. The smallest absolute Gasteiger partial charge is 0.316 e. The van der Waals surface area contributed by atoms with Gasteiger partial charge in [0.1, 0.15) is 5.69 Å². The van der Waals surface area contributed by atoms with Gasteiger partial charge >= 0.3 is 5.97 Å². The van der Waals surface area contributed by atoms with Crippen LogP contribution in [0.3, 0.4) is 0 Å². The topological polar surface area (TPSA) is 65.4 Å². The van der Waals surface area contributed by atoms with E-state index in [1.54, 1.807) is 31.5 Å². The number of unbranched alkanes of at least 4 members (excludes halogenated alkanes) is 15. The molecule has 0 atom stereocenters. The maximum atomic E-state index is 12.3. The zero-order valence-electron chi connectivity index (χ0n) is 23.3. The molecule has 0 bridgehead atoms. The van der Waals surface area contributed by atoms with E-state index in [1.165, 1.54) is 103 Å². The van der Waals surface area contributed by atoms with Gasteiger partial charge in [0.05, 0.1) is 5.41 Å². The molecular weight excluding hydrogens is 438 g/mol. The van der Waals surface area contributed by atoms with Gasteiger partial charge in [-0.05, 0) is 27.2 Å². The lowest BCUT2D eigenvalue weighted by molar-refractivity contribution is -0.143. The van der Waals surface area contributed by atoms with E-state index in [0.29, 0.717) is 6.54 Å². The highest BCUT2D eigenvalue weighted by Gasteiger charge is 2.27. The molecule has 5 nitrogen and oxygen atoms in total. The minimum Gasteiger partial charge on any atom is -0.420 e. The summed E-state index contributed by atoms with van der Waals surface area (Å²) in [4.78, 5) is 36.9. The summed E-state index contributed by atoms with van der Waals surface area (Å²) in [6.45, 7) is 9.48. The molecule has 1 aromatic rings. The predicted molar refractivity (Wildman–Crippen MR) is 145 cm³/mol. The van der Waals surface area contributed by atoms with Crippen LogP contribution in [0.4, 0.5) is 0 Å². The number of ketones is 1.